The zero-order valence-corrected chi connectivity index (χ0v) is 22.0. The van der Waals surface area contributed by atoms with Crippen LogP contribution in [-0.2, 0) is 28.5 Å². The number of cyclic esters (lactones) is 1. The lowest BCUT2D eigenvalue weighted by Gasteiger charge is -2.38. The quantitative estimate of drug-likeness (QED) is 0.351. The lowest BCUT2D eigenvalue weighted by molar-refractivity contribution is -0.217. The Balaban J connectivity index is 2.04. The highest BCUT2D eigenvalue weighted by Crippen LogP contribution is 2.39. The second kappa shape index (κ2) is 12.0. The molecule has 0 saturated carbocycles. The number of nitrogens with zero attached hydrogens (tertiary/aromatic N) is 1. The Morgan fingerprint density at radius 1 is 1.18 bits per heavy atom. The fourth-order valence-corrected chi connectivity index (χ4v) is 4.92. The van der Waals surface area contributed by atoms with E-state index in [1.807, 2.05) is 13.8 Å². The maximum Gasteiger partial charge on any atom is 0.417 e. The minimum absolute atomic E-state index is 0.0552. The predicted molar refractivity (Wildman–Crippen MR) is 125 cm³/mol. The SMILES string of the molecule is CC(C)[C@H]1N(C(=O)[C@H](C)[C@H]2O[C@@](O)(CCCOCCOCCO)C(Br)=CC2=O)C(=O)OC1(C)C. The summed E-state index contributed by atoms with van der Waals surface area (Å²) in [6.45, 7) is 9.95. The normalized spacial score (nSPS) is 27.7. The topological polar surface area (TPSA) is 132 Å². The lowest BCUT2D eigenvalue weighted by Crippen LogP contribution is -2.54. The fraction of sp³-hybridized carbons (Fsp3) is 0.783. The Bertz CT molecular complexity index is 784. The molecule has 0 aromatic rings. The monoisotopic (exact) mass is 549 g/mol. The van der Waals surface area contributed by atoms with Crippen LogP contribution in [-0.4, -0.2) is 89.5 Å². The standard InChI is InChI=1S/C23H36BrNO9/c1-14(2)19-22(4,5)34-21(29)25(19)20(28)15(3)18-16(27)13-17(24)23(30,33-18)7-6-9-31-11-12-32-10-8-26/h13-15,18-19,26,30H,6-12H2,1-5H3/t15-,18-,19-,23+/m1/s1. The van der Waals surface area contributed by atoms with Crippen LogP contribution in [0.3, 0.4) is 0 Å². The maximum atomic E-state index is 13.3. The molecule has 2 amide bonds. The molecule has 2 aliphatic heterocycles. The van der Waals surface area contributed by atoms with Crippen molar-refractivity contribution in [1.82, 2.24) is 4.90 Å². The van der Waals surface area contributed by atoms with Crippen molar-refractivity contribution in [1.29, 1.82) is 0 Å². The summed E-state index contributed by atoms with van der Waals surface area (Å²) in [5.41, 5.74) is -0.870. The highest BCUT2D eigenvalue weighted by molar-refractivity contribution is 9.11. The van der Waals surface area contributed by atoms with Crippen molar-refractivity contribution in [2.24, 2.45) is 11.8 Å². The van der Waals surface area contributed by atoms with Crippen LogP contribution in [0.2, 0.25) is 0 Å². The molecule has 2 heterocycles. The number of carbonyl (C=O) groups excluding carboxylic acids is 3. The molecule has 2 aliphatic rings. The number of ketones is 1. The van der Waals surface area contributed by atoms with Gasteiger partial charge in [0.1, 0.15) is 11.7 Å². The van der Waals surface area contributed by atoms with Crippen molar-refractivity contribution in [3.8, 4) is 0 Å². The van der Waals surface area contributed by atoms with E-state index in [0.29, 0.717) is 26.2 Å². The van der Waals surface area contributed by atoms with Crippen LogP contribution in [0.25, 0.3) is 0 Å². The number of aliphatic hydroxyl groups excluding tert-OH is 1. The Morgan fingerprint density at radius 3 is 2.38 bits per heavy atom. The highest BCUT2D eigenvalue weighted by Gasteiger charge is 2.54. The minimum atomic E-state index is -1.81. The van der Waals surface area contributed by atoms with Crippen LogP contribution in [0.5, 0.6) is 0 Å². The van der Waals surface area contributed by atoms with Crippen molar-refractivity contribution < 1.29 is 43.5 Å². The van der Waals surface area contributed by atoms with Gasteiger partial charge in [-0.15, -0.1) is 0 Å². The third kappa shape index (κ3) is 6.64. The molecular formula is C23H36BrNO9. The van der Waals surface area contributed by atoms with E-state index in [4.69, 9.17) is 24.1 Å². The summed E-state index contributed by atoms with van der Waals surface area (Å²) in [5.74, 6) is -3.99. The molecule has 1 saturated heterocycles. The molecule has 0 spiro atoms. The number of aliphatic hydroxyl groups is 2. The summed E-state index contributed by atoms with van der Waals surface area (Å²) >= 11 is 3.21. The molecule has 10 nitrogen and oxygen atoms in total. The summed E-state index contributed by atoms with van der Waals surface area (Å²) in [7, 11) is 0. The molecule has 0 aromatic carbocycles. The summed E-state index contributed by atoms with van der Waals surface area (Å²) in [6.07, 6.45) is -0.287. The number of halogens is 1. The Hall–Kier alpha value is -1.37. The van der Waals surface area contributed by atoms with Gasteiger partial charge in [-0.3, -0.25) is 9.59 Å². The number of carbonyl (C=O) groups is 3. The van der Waals surface area contributed by atoms with E-state index in [2.05, 4.69) is 15.9 Å². The van der Waals surface area contributed by atoms with Crippen LogP contribution in [0.15, 0.2) is 10.6 Å². The number of imide groups is 1. The van der Waals surface area contributed by atoms with Crippen molar-refractivity contribution in [2.75, 3.05) is 33.0 Å². The van der Waals surface area contributed by atoms with Gasteiger partial charge in [-0.25, -0.2) is 9.69 Å². The van der Waals surface area contributed by atoms with Crippen LogP contribution in [0, 0.1) is 11.8 Å². The molecule has 4 atom stereocenters. The van der Waals surface area contributed by atoms with Gasteiger partial charge in [0.15, 0.2) is 11.6 Å². The molecule has 194 valence electrons. The average Bonchev–Trinajstić information content (AvgIpc) is 3.00. The largest absolute Gasteiger partial charge is 0.441 e. The number of hydrogen-bond acceptors (Lipinski definition) is 9. The van der Waals surface area contributed by atoms with E-state index < -0.39 is 47.2 Å². The first-order chi connectivity index (χ1) is 15.9. The average molecular weight is 550 g/mol. The fourth-order valence-electron chi connectivity index (χ4n) is 4.41. The smallest absolute Gasteiger partial charge is 0.417 e. The Labute approximate surface area is 208 Å². The minimum Gasteiger partial charge on any atom is -0.441 e. The summed E-state index contributed by atoms with van der Waals surface area (Å²) < 4.78 is 21.9. The molecule has 34 heavy (non-hydrogen) atoms. The second-order valence-electron chi connectivity index (χ2n) is 9.43. The first-order valence-electron chi connectivity index (χ1n) is 11.5. The molecule has 1 fully saturated rings. The van der Waals surface area contributed by atoms with Crippen LogP contribution < -0.4 is 0 Å². The number of hydrogen-bond donors (Lipinski definition) is 2. The zero-order chi connectivity index (χ0) is 25.7. The Morgan fingerprint density at radius 2 is 1.79 bits per heavy atom. The molecule has 2 N–H and O–H groups in total. The summed E-state index contributed by atoms with van der Waals surface area (Å²) in [5, 5.41) is 19.7. The number of rotatable bonds is 12. The molecule has 2 rings (SSSR count). The Kier molecular flexibility index (Phi) is 10.2. The van der Waals surface area contributed by atoms with E-state index >= 15 is 0 Å². The molecule has 0 radical (unpaired) electrons. The van der Waals surface area contributed by atoms with Gasteiger partial charge in [0.05, 0.1) is 42.9 Å². The second-order valence-corrected chi connectivity index (χ2v) is 10.3. The maximum absolute atomic E-state index is 13.3. The van der Waals surface area contributed by atoms with Crippen molar-refractivity contribution in [3.05, 3.63) is 10.6 Å². The van der Waals surface area contributed by atoms with Crippen LogP contribution >= 0.6 is 15.9 Å². The summed E-state index contributed by atoms with van der Waals surface area (Å²) in [6, 6.07) is -0.506. The third-order valence-electron chi connectivity index (χ3n) is 5.91. The van der Waals surface area contributed by atoms with Crippen LogP contribution in [0.4, 0.5) is 4.79 Å². The number of ether oxygens (including phenoxy) is 4. The van der Waals surface area contributed by atoms with Gasteiger partial charge in [0.25, 0.3) is 0 Å². The van der Waals surface area contributed by atoms with Gasteiger partial charge in [-0.2, -0.15) is 0 Å². The van der Waals surface area contributed by atoms with Gasteiger partial charge in [-0.1, -0.05) is 20.8 Å². The molecular weight excluding hydrogens is 514 g/mol. The predicted octanol–water partition coefficient (Wildman–Crippen LogP) is 2.15. The van der Waals surface area contributed by atoms with Crippen molar-refractivity contribution in [3.63, 3.8) is 0 Å². The van der Waals surface area contributed by atoms with E-state index in [0.717, 1.165) is 4.90 Å². The lowest BCUT2D eigenvalue weighted by atomic mass is 9.87. The molecule has 0 unspecified atom stereocenters. The highest BCUT2D eigenvalue weighted by atomic mass is 79.9. The number of amides is 2. The van der Waals surface area contributed by atoms with E-state index in [1.54, 1.807) is 13.8 Å². The first-order valence-corrected chi connectivity index (χ1v) is 12.3. The first kappa shape index (κ1) is 28.9. The zero-order valence-electron chi connectivity index (χ0n) is 20.4. The van der Waals surface area contributed by atoms with Gasteiger partial charge in [0, 0.05) is 13.0 Å². The van der Waals surface area contributed by atoms with E-state index in [9.17, 15) is 19.5 Å². The van der Waals surface area contributed by atoms with Gasteiger partial charge < -0.3 is 29.2 Å². The summed E-state index contributed by atoms with van der Waals surface area (Å²) in [4.78, 5) is 39.6. The van der Waals surface area contributed by atoms with E-state index in [-0.39, 0.29) is 30.0 Å². The molecule has 0 bridgehead atoms. The molecule has 11 heteroatoms. The van der Waals surface area contributed by atoms with Gasteiger partial charge in [-0.05, 0) is 48.2 Å². The van der Waals surface area contributed by atoms with Crippen LogP contribution in [0.1, 0.15) is 47.5 Å². The molecule has 0 aromatic heterocycles. The van der Waals surface area contributed by atoms with Gasteiger partial charge in [0.2, 0.25) is 5.91 Å². The molecule has 0 aliphatic carbocycles. The van der Waals surface area contributed by atoms with E-state index in [1.165, 1.54) is 13.0 Å². The van der Waals surface area contributed by atoms with Gasteiger partial charge >= 0.3 is 6.09 Å². The van der Waals surface area contributed by atoms with Crippen molar-refractivity contribution in [2.45, 2.75) is 71.0 Å². The third-order valence-corrected chi connectivity index (χ3v) is 6.76. The van der Waals surface area contributed by atoms with Crippen molar-refractivity contribution >= 4 is 33.7 Å².